The van der Waals surface area contributed by atoms with E-state index in [-0.39, 0.29) is 6.42 Å². The van der Waals surface area contributed by atoms with E-state index in [0.29, 0.717) is 34.2 Å². The Bertz CT molecular complexity index is 895. The summed E-state index contributed by atoms with van der Waals surface area (Å²) >= 11 is 0. The molecule has 3 rings (SSSR count). The largest absolute Gasteiger partial charge is 0.496 e. The molecule has 25 heavy (non-hydrogen) atoms. The van der Waals surface area contributed by atoms with Crippen LogP contribution in [0, 0.1) is 6.92 Å². The molecule has 0 amide bonds. The molecule has 0 aliphatic heterocycles. The van der Waals surface area contributed by atoms with Gasteiger partial charge in [0.1, 0.15) is 11.4 Å². The monoisotopic (exact) mass is 337 g/mol. The average Bonchev–Trinajstić information content (AvgIpc) is 2.62. The summed E-state index contributed by atoms with van der Waals surface area (Å²) in [6.07, 6.45) is 1.58. The first kappa shape index (κ1) is 16.4. The number of carbonyl (C=O) groups is 1. The van der Waals surface area contributed by atoms with Crippen molar-refractivity contribution in [3.05, 3.63) is 47.7 Å². The summed E-state index contributed by atoms with van der Waals surface area (Å²) in [4.78, 5) is 15.0. The zero-order valence-corrected chi connectivity index (χ0v) is 13.7. The van der Waals surface area contributed by atoms with E-state index in [1.54, 1.807) is 43.6 Å². The Kier molecular flexibility index (Phi) is 4.60. The van der Waals surface area contributed by atoms with E-state index in [0.717, 1.165) is 5.56 Å². The van der Waals surface area contributed by atoms with Crippen molar-refractivity contribution in [1.29, 1.82) is 0 Å². The van der Waals surface area contributed by atoms with Crippen LogP contribution in [0.3, 0.4) is 0 Å². The van der Waals surface area contributed by atoms with Crippen molar-refractivity contribution >= 4 is 5.97 Å². The molecule has 0 radical (unpaired) electrons. The number of aliphatic carboxylic acids is 1. The number of benzene rings is 1. The van der Waals surface area contributed by atoms with Crippen molar-refractivity contribution < 1.29 is 14.6 Å². The van der Waals surface area contributed by atoms with Gasteiger partial charge >= 0.3 is 5.97 Å². The van der Waals surface area contributed by atoms with Crippen molar-refractivity contribution in [1.82, 2.24) is 25.4 Å². The van der Waals surface area contributed by atoms with Crippen LogP contribution < -0.4 is 4.74 Å². The van der Waals surface area contributed by atoms with Crippen molar-refractivity contribution in [2.45, 2.75) is 13.3 Å². The first-order valence-corrected chi connectivity index (χ1v) is 7.47. The molecule has 0 saturated heterocycles. The lowest BCUT2D eigenvalue weighted by atomic mass is 10.1. The Balaban J connectivity index is 1.86. The summed E-state index contributed by atoms with van der Waals surface area (Å²) in [5.41, 5.74) is 2.77. The number of nitrogens with zero attached hydrogens (tertiary/aromatic N) is 5. The molecule has 0 aliphatic rings. The molecule has 0 bridgehead atoms. The van der Waals surface area contributed by atoms with Gasteiger partial charge in [-0.3, -0.25) is 9.78 Å². The van der Waals surface area contributed by atoms with Gasteiger partial charge in [-0.05, 0) is 18.6 Å². The summed E-state index contributed by atoms with van der Waals surface area (Å²) in [6.45, 7) is 1.86. The molecule has 0 aliphatic carbocycles. The number of methoxy groups -OCH3 is 1. The summed E-state index contributed by atoms with van der Waals surface area (Å²) in [5, 5.41) is 25.2. The molecular formula is C17H15N5O3. The third kappa shape index (κ3) is 3.57. The SMILES string of the molecule is COc1ccnc(-c2nnc(-c3ccc(CC(=O)O)cc3)nn2)c1C. The van der Waals surface area contributed by atoms with Crippen LogP contribution in [-0.2, 0) is 11.2 Å². The van der Waals surface area contributed by atoms with Gasteiger partial charge in [-0.25, -0.2) is 0 Å². The molecule has 8 nitrogen and oxygen atoms in total. The van der Waals surface area contributed by atoms with Gasteiger partial charge in [0, 0.05) is 17.3 Å². The smallest absolute Gasteiger partial charge is 0.307 e. The minimum absolute atomic E-state index is 0.0304. The average molecular weight is 337 g/mol. The molecule has 2 heterocycles. The third-order valence-electron chi connectivity index (χ3n) is 3.63. The molecular weight excluding hydrogens is 322 g/mol. The van der Waals surface area contributed by atoms with E-state index in [1.165, 1.54) is 0 Å². The zero-order chi connectivity index (χ0) is 17.8. The highest BCUT2D eigenvalue weighted by atomic mass is 16.5. The molecule has 0 spiro atoms. The second-order valence-electron chi connectivity index (χ2n) is 5.30. The molecule has 2 aromatic heterocycles. The minimum Gasteiger partial charge on any atom is -0.496 e. The van der Waals surface area contributed by atoms with Crippen molar-refractivity contribution in [2.24, 2.45) is 0 Å². The van der Waals surface area contributed by atoms with Crippen LogP contribution in [0.15, 0.2) is 36.5 Å². The highest BCUT2D eigenvalue weighted by Crippen LogP contribution is 2.25. The minimum atomic E-state index is -0.877. The number of pyridine rings is 1. The van der Waals surface area contributed by atoms with Crippen LogP contribution >= 0.6 is 0 Å². The number of rotatable bonds is 5. The molecule has 1 aromatic carbocycles. The van der Waals surface area contributed by atoms with Crippen LogP contribution in [0.5, 0.6) is 5.75 Å². The van der Waals surface area contributed by atoms with E-state index in [1.807, 2.05) is 6.92 Å². The van der Waals surface area contributed by atoms with Crippen LogP contribution in [0.25, 0.3) is 22.9 Å². The second-order valence-corrected chi connectivity index (χ2v) is 5.30. The summed E-state index contributed by atoms with van der Waals surface area (Å²) in [7, 11) is 1.58. The van der Waals surface area contributed by atoms with Gasteiger partial charge in [-0.1, -0.05) is 24.3 Å². The molecule has 126 valence electrons. The molecule has 3 aromatic rings. The number of hydrogen-bond donors (Lipinski definition) is 1. The third-order valence-corrected chi connectivity index (χ3v) is 3.63. The van der Waals surface area contributed by atoms with E-state index in [9.17, 15) is 4.79 Å². The summed E-state index contributed by atoms with van der Waals surface area (Å²) < 4.78 is 5.26. The molecule has 0 saturated carbocycles. The Labute approximate surface area is 143 Å². The highest BCUT2D eigenvalue weighted by Gasteiger charge is 2.13. The number of aromatic nitrogens is 5. The highest BCUT2D eigenvalue weighted by molar-refractivity contribution is 5.70. The fourth-order valence-corrected chi connectivity index (χ4v) is 2.35. The predicted molar refractivity (Wildman–Crippen MR) is 88.9 cm³/mol. The Morgan fingerprint density at radius 1 is 1.04 bits per heavy atom. The summed E-state index contributed by atoms with van der Waals surface area (Å²) in [5.74, 6) is 0.471. The Hall–Kier alpha value is -3.42. The quantitative estimate of drug-likeness (QED) is 0.752. The Morgan fingerprint density at radius 2 is 1.68 bits per heavy atom. The second kappa shape index (κ2) is 7.00. The van der Waals surface area contributed by atoms with E-state index < -0.39 is 5.97 Å². The lowest BCUT2D eigenvalue weighted by Crippen LogP contribution is -2.03. The topological polar surface area (TPSA) is 111 Å². The molecule has 0 atom stereocenters. The van der Waals surface area contributed by atoms with Gasteiger partial charge in [0.2, 0.25) is 11.6 Å². The number of hydrogen-bond acceptors (Lipinski definition) is 7. The van der Waals surface area contributed by atoms with E-state index in [4.69, 9.17) is 9.84 Å². The lowest BCUT2D eigenvalue weighted by Gasteiger charge is -2.07. The summed E-state index contributed by atoms with van der Waals surface area (Å²) in [6, 6.07) is 8.67. The van der Waals surface area contributed by atoms with Crippen LogP contribution in [0.2, 0.25) is 0 Å². The molecule has 0 fully saturated rings. The normalized spacial score (nSPS) is 10.5. The standard InChI is InChI=1S/C17H15N5O3/c1-10-13(25-2)7-8-18-15(10)17-21-19-16(20-22-17)12-5-3-11(4-6-12)9-14(23)24/h3-8H,9H2,1-2H3,(H,23,24). The Morgan fingerprint density at radius 3 is 2.28 bits per heavy atom. The van der Waals surface area contributed by atoms with Gasteiger partial charge in [0.25, 0.3) is 0 Å². The van der Waals surface area contributed by atoms with Gasteiger partial charge < -0.3 is 9.84 Å². The van der Waals surface area contributed by atoms with Gasteiger partial charge in [0.15, 0.2) is 0 Å². The maximum absolute atomic E-state index is 10.7. The first-order valence-electron chi connectivity index (χ1n) is 7.47. The zero-order valence-electron chi connectivity index (χ0n) is 13.7. The molecule has 1 N–H and O–H groups in total. The molecule has 0 unspecified atom stereocenters. The van der Waals surface area contributed by atoms with Crippen molar-refractivity contribution in [3.8, 4) is 28.7 Å². The maximum Gasteiger partial charge on any atom is 0.307 e. The fraction of sp³-hybridized carbons (Fsp3) is 0.176. The van der Waals surface area contributed by atoms with Gasteiger partial charge in [-0.15, -0.1) is 20.4 Å². The number of carboxylic acids is 1. The van der Waals surface area contributed by atoms with Gasteiger partial charge in [0.05, 0.1) is 13.5 Å². The molecule has 8 heteroatoms. The maximum atomic E-state index is 10.7. The van der Waals surface area contributed by atoms with Crippen LogP contribution in [0.1, 0.15) is 11.1 Å². The van der Waals surface area contributed by atoms with Crippen LogP contribution in [0.4, 0.5) is 0 Å². The fourth-order valence-electron chi connectivity index (χ4n) is 2.35. The van der Waals surface area contributed by atoms with Crippen LogP contribution in [-0.4, -0.2) is 43.6 Å². The van der Waals surface area contributed by atoms with Crippen molar-refractivity contribution in [3.63, 3.8) is 0 Å². The predicted octanol–water partition coefficient (Wildman–Crippen LogP) is 1.94. The van der Waals surface area contributed by atoms with Crippen molar-refractivity contribution in [2.75, 3.05) is 7.11 Å². The van der Waals surface area contributed by atoms with Gasteiger partial charge in [-0.2, -0.15) is 0 Å². The lowest BCUT2D eigenvalue weighted by molar-refractivity contribution is -0.136. The number of carboxylic acid groups (broad SMARTS) is 1. The first-order chi connectivity index (χ1) is 12.1. The number of ether oxygens (including phenoxy) is 1. The van der Waals surface area contributed by atoms with E-state index in [2.05, 4.69) is 25.4 Å². The van der Waals surface area contributed by atoms with E-state index >= 15 is 0 Å².